The normalized spacial score (nSPS) is 54.5. The van der Waals surface area contributed by atoms with Crippen LogP contribution in [-0.4, -0.2) is 21.3 Å². The molecule has 2 heteroatoms. The van der Waals surface area contributed by atoms with Crippen molar-refractivity contribution in [2.75, 3.05) is 7.11 Å². The van der Waals surface area contributed by atoms with E-state index in [1.165, 1.54) is 38.5 Å². The standard InChI is InChI=1S/C46H82OSi/c1-26-16-27(2)19-33(18-26)41-35-15-13-14-32(35)24-38-36(41)22-30(5)44(38)48(11,12)45-31(6)23-37-39(45)25-40(46(7,8)9)43(47-10)42(37)34-20-28(3)17-29(4)21-34/h26-45H,13-25H2,1-12H3/t26?,27?,28?,29?,30?,31?,32?,33?,34?,35?,36?,37?,38?,39?,40?,41-,42+,43?,44?,45?/m0/s1. The molecule has 16 unspecified atom stereocenters. The Labute approximate surface area is 301 Å². The van der Waals surface area contributed by atoms with Gasteiger partial charge in [-0.25, -0.2) is 0 Å². The van der Waals surface area contributed by atoms with Gasteiger partial charge in [-0.2, -0.15) is 0 Å². The van der Waals surface area contributed by atoms with Gasteiger partial charge in [-0.1, -0.05) is 88.2 Å². The molecular weight excluding hydrogens is 597 g/mol. The van der Waals surface area contributed by atoms with Gasteiger partial charge in [0, 0.05) is 7.11 Å². The van der Waals surface area contributed by atoms with Crippen molar-refractivity contribution < 1.29 is 4.74 Å². The van der Waals surface area contributed by atoms with Gasteiger partial charge < -0.3 is 4.74 Å². The minimum Gasteiger partial charge on any atom is -0.381 e. The summed E-state index contributed by atoms with van der Waals surface area (Å²) in [5, 5.41) is 0. The van der Waals surface area contributed by atoms with Crippen molar-refractivity contribution in [2.24, 2.45) is 106 Å². The first-order valence-corrected chi connectivity index (χ1v) is 25.3. The minimum absolute atomic E-state index is 0.311. The average Bonchev–Trinajstić information content (AvgIpc) is 3.67. The minimum atomic E-state index is -1.60. The maximum Gasteiger partial charge on any atom is 0.0638 e. The van der Waals surface area contributed by atoms with Crippen LogP contribution >= 0.6 is 0 Å². The topological polar surface area (TPSA) is 9.23 Å². The summed E-state index contributed by atoms with van der Waals surface area (Å²) in [7, 11) is 0.504. The lowest BCUT2D eigenvalue weighted by molar-refractivity contribution is -0.121. The second-order valence-corrected chi connectivity index (χ2v) is 27.9. The Balaban J connectivity index is 1.22. The molecule has 0 bridgehead atoms. The number of methoxy groups -OCH3 is 1. The Morgan fingerprint density at radius 2 is 0.979 bits per heavy atom. The highest BCUT2D eigenvalue weighted by Gasteiger charge is 2.64. The maximum absolute atomic E-state index is 6.75. The van der Waals surface area contributed by atoms with Crippen molar-refractivity contribution in [2.45, 2.75) is 176 Å². The molecule has 0 aromatic rings. The van der Waals surface area contributed by atoms with E-state index in [2.05, 4.69) is 82.5 Å². The molecule has 7 aliphatic rings. The Morgan fingerprint density at radius 3 is 1.48 bits per heavy atom. The second-order valence-electron chi connectivity index (χ2n) is 23.0. The molecule has 7 aliphatic carbocycles. The number of hydrogen-bond acceptors (Lipinski definition) is 1. The van der Waals surface area contributed by atoms with Crippen molar-refractivity contribution in [1.29, 1.82) is 0 Å². The molecule has 18 atom stereocenters. The highest BCUT2D eigenvalue weighted by molar-refractivity contribution is 6.80. The van der Waals surface area contributed by atoms with Crippen LogP contribution in [0.5, 0.6) is 0 Å². The van der Waals surface area contributed by atoms with Gasteiger partial charge in [0.1, 0.15) is 0 Å². The third kappa shape index (κ3) is 6.31. The molecular formula is C46H82OSi. The molecule has 7 saturated carbocycles. The van der Waals surface area contributed by atoms with Crippen LogP contribution in [0.25, 0.3) is 0 Å². The monoisotopic (exact) mass is 679 g/mol. The van der Waals surface area contributed by atoms with Gasteiger partial charge in [0.05, 0.1) is 14.2 Å². The lowest BCUT2D eigenvalue weighted by atomic mass is 9.55. The molecule has 0 spiro atoms. The molecule has 0 aromatic heterocycles. The van der Waals surface area contributed by atoms with Gasteiger partial charge in [0.2, 0.25) is 0 Å². The third-order valence-electron chi connectivity index (χ3n) is 18.2. The molecule has 0 aliphatic heterocycles. The summed E-state index contributed by atoms with van der Waals surface area (Å²) in [6, 6.07) is 0. The van der Waals surface area contributed by atoms with Crippen molar-refractivity contribution in [3.63, 3.8) is 0 Å². The quantitative estimate of drug-likeness (QED) is 0.263. The number of ether oxygens (including phenoxy) is 1. The van der Waals surface area contributed by atoms with E-state index in [-0.39, 0.29) is 0 Å². The lowest BCUT2D eigenvalue weighted by Gasteiger charge is -2.56. The maximum atomic E-state index is 6.75. The summed E-state index contributed by atoms with van der Waals surface area (Å²) in [6.07, 6.45) is 20.3. The zero-order valence-corrected chi connectivity index (χ0v) is 35.1. The zero-order chi connectivity index (χ0) is 34.4. The van der Waals surface area contributed by atoms with Gasteiger partial charge in [-0.15, -0.1) is 0 Å². The number of hydrogen-bond donors (Lipinski definition) is 0. The summed E-state index contributed by atoms with van der Waals surface area (Å²) in [5.74, 6) is 16.1. The van der Waals surface area contributed by atoms with Gasteiger partial charge in [-0.05, 0) is 188 Å². The molecule has 0 aromatic carbocycles. The molecule has 0 saturated heterocycles. The summed E-state index contributed by atoms with van der Waals surface area (Å²) in [4.78, 5) is 0. The SMILES string of the molecule is COC1C(C(C)(C)C)CC2C(CC(C)C2[Si](C)(C)C2C(C)CC3C2CC2CCCC2[C@@H]3C2CC(C)CC(C)C2)[C@H]1C1CC(C)CC(C)C1. The lowest BCUT2D eigenvalue weighted by Crippen LogP contribution is -2.54. The van der Waals surface area contributed by atoms with Crippen LogP contribution in [0.15, 0.2) is 0 Å². The Kier molecular flexibility index (Phi) is 10.3. The summed E-state index contributed by atoms with van der Waals surface area (Å²) < 4.78 is 6.75. The fraction of sp³-hybridized carbons (Fsp3) is 1.00. The molecule has 276 valence electrons. The van der Waals surface area contributed by atoms with Gasteiger partial charge in [0.25, 0.3) is 0 Å². The van der Waals surface area contributed by atoms with E-state index >= 15 is 0 Å². The summed E-state index contributed by atoms with van der Waals surface area (Å²) in [5.41, 5.74) is 2.37. The molecule has 0 radical (unpaired) electrons. The molecule has 7 fully saturated rings. The van der Waals surface area contributed by atoms with E-state index in [0.29, 0.717) is 17.4 Å². The summed E-state index contributed by atoms with van der Waals surface area (Å²) in [6.45, 7) is 29.6. The van der Waals surface area contributed by atoms with Crippen LogP contribution < -0.4 is 0 Å². The van der Waals surface area contributed by atoms with Crippen molar-refractivity contribution >= 4 is 8.07 Å². The largest absolute Gasteiger partial charge is 0.381 e. The van der Waals surface area contributed by atoms with E-state index in [0.717, 1.165) is 106 Å². The first-order valence-electron chi connectivity index (χ1n) is 22.1. The van der Waals surface area contributed by atoms with Gasteiger partial charge in [-0.3, -0.25) is 0 Å². The Hall–Kier alpha value is 0.177. The number of fused-ring (bicyclic) bond motifs is 3. The van der Waals surface area contributed by atoms with Crippen LogP contribution in [0, 0.1) is 106 Å². The number of rotatable bonds is 5. The summed E-state index contributed by atoms with van der Waals surface area (Å²) >= 11 is 0. The highest BCUT2D eigenvalue weighted by atomic mass is 28.3. The van der Waals surface area contributed by atoms with E-state index in [1.807, 2.05) is 0 Å². The van der Waals surface area contributed by atoms with Gasteiger partial charge in [0.15, 0.2) is 0 Å². The zero-order valence-electron chi connectivity index (χ0n) is 34.1. The average molecular weight is 679 g/mol. The van der Waals surface area contributed by atoms with Crippen LogP contribution in [0.2, 0.25) is 24.2 Å². The predicted octanol–water partition coefficient (Wildman–Crippen LogP) is 13.3. The third-order valence-corrected chi connectivity index (χ3v) is 23.7. The highest BCUT2D eigenvalue weighted by Crippen LogP contribution is 2.70. The Morgan fingerprint density at radius 1 is 0.500 bits per heavy atom. The van der Waals surface area contributed by atoms with Crippen molar-refractivity contribution in [3.8, 4) is 0 Å². The van der Waals surface area contributed by atoms with E-state index in [9.17, 15) is 0 Å². The molecule has 48 heavy (non-hydrogen) atoms. The van der Waals surface area contributed by atoms with Crippen LogP contribution in [0.3, 0.4) is 0 Å². The van der Waals surface area contributed by atoms with E-state index in [1.54, 1.807) is 44.9 Å². The fourth-order valence-electron chi connectivity index (χ4n) is 17.8. The predicted molar refractivity (Wildman–Crippen MR) is 209 cm³/mol. The second kappa shape index (κ2) is 13.5. The van der Waals surface area contributed by atoms with Crippen LogP contribution in [-0.2, 0) is 4.74 Å². The van der Waals surface area contributed by atoms with E-state index in [4.69, 9.17) is 4.74 Å². The molecule has 0 amide bonds. The van der Waals surface area contributed by atoms with Crippen LogP contribution in [0.4, 0.5) is 0 Å². The van der Waals surface area contributed by atoms with Gasteiger partial charge >= 0.3 is 0 Å². The van der Waals surface area contributed by atoms with Crippen LogP contribution in [0.1, 0.15) is 146 Å². The molecule has 7 rings (SSSR count). The first-order chi connectivity index (χ1) is 22.6. The Bertz CT molecular complexity index is 1090. The van der Waals surface area contributed by atoms with E-state index < -0.39 is 8.07 Å². The molecule has 0 heterocycles. The fourth-order valence-corrected chi connectivity index (χ4v) is 24.4. The van der Waals surface area contributed by atoms with Crippen molar-refractivity contribution in [3.05, 3.63) is 0 Å². The molecule has 1 nitrogen and oxygen atoms in total. The first kappa shape index (κ1) is 36.5. The molecule has 0 N–H and O–H groups in total. The smallest absolute Gasteiger partial charge is 0.0638 e. The van der Waals surface area contributed by atoms with Crippen molar-refractivity contribution in [1.82, 2.24) is 0 Å².